The predicted octanol–water partition coefficient (Wildman–Crippen LogP) is 3.84. The average molecular weight is 262 g/mol. The van der Waals surface area contributed by atoms with Gasteiger partial charge >= 0.3 is 0 Å². The summed E-state index contributed by atoms with van der Waals surface area (Å²) in [6, 6.07) is 4.80. The Kier molecular flexibility index (Phi) is 7.92. The summed E-state index contributed by atoms with van der Waals surface area (Å²) in [5, 5.41) is 0. The highest BCUT2D eigenvalue weighted by Gasteiger charge is 2.09. The normalized spacial score (nSPS) is 11.8. The summed E-state index contributed by atoms with van der Waals surface area (Å²) in [7, 11) is 1.46. The van der Waals surface area contributed by atoms with E-state index in [0.29, 0.717) is 0 Å². The van der Waals surface area contributed by atoms with Gasteiger partial charge in [0.15, 0.2) is 11.6 Å². The quantitative estimate of drug-likeness (QED) is 0.790. The van der Waals surface area contributed by atoms with E-state index in [2.05, 4.69) is 6.92 Å². The Morgan fingerprint density at radius 3 is 2.65 bits per heavy atom. The van der Waals surface area contributed by atoms with Crippen LogP contribution in [0, 0.1) is 5.82 Å². The zero-order chi connectivity index (χ0) is 12.0. The molecule has 1 rings (SSSR count). The number of halogens is 2. The van der Waals surface area contributed by atoms with Crippen molar-refractivity contribution in [1.29, 1.82) is 0 Å². The number of benzene rings is 1. The summed E-state index contributed by atoms with van der Waals surface area (Å²) < 4.78 is 18.1. The molecule has 0 aliphatic heterocycles. The largest absolute Gasteiger partial charge is 0.494 e. The summed E-state index contributed by atoms with van der Waals surface area (Å²) in [4.78, 5) is 0. The molecule has 0 saturated heterocycles. The molecule has 0 spiro atoms. The van der Waals surface area contributed by atoms with Crippen LogP contribution in [-0.2, 0) is 0 Å². The molecule has 0 aliphatic rings. The first-order valence-corrected chi connectivity index (χ1v) is 5.78. The summed E-state index contributed by atoms with van der Waals surface area (Å²) in [5.41, 5.74) is 6.97. The molecule has 0 heterocycles. The fourth-order valence-electron chi connectivity index (χ4n) is 1.69. The van der Waals surface area contributed by atoms with E-state index in [1.807, 2.05) is 0 Å². The molecule has 4 heteroatoms. The SMILES string of the molecule is CCCCC[C@H](N)c1ccc(F)c(OC)c1.Cl. The summed E-state index contributed by atoms with van der Waals surface area (Å²) in [6.07, 6.45) is 4.41. The minimum Gasteiger partial charge on any atom is -0.494 e. The number of unbranched alkanes of at least 4 members (excludes halogenated alkanes) is 2. The molecule has 1 atom stereocenters. The monoisotopic (exact) mass is 261 g/mol. The van der Waals surface area contributed by atoms with Gasteiger partial charge in [0, 0.05) is 6.04 Å². The van der Waals surface area contributed by atoms with Crippen LogP contribution in [0.2, 0.25) is 0 Å². The maximum atomic E-state index is 13.2. The lowest BCUT2D eigenvalue weighted by Crippen LogP contribution is -2.10. The second-order valence-electron chi connectivity index (χ2n) is 4.00. The second-order valence-corrected chi connectivity index (χ2v) is 4.00. The van der Waals surface area contributed by atoms with Crippen LogP contribution in [0.25, 0.3) is 0 Å². The average Bonchev–Trinajstić information content (AvgIpc) is 2.30. The number of hydrogen-bond donors (Lipinski definition) is 1. The number of methoxy groups -OCH3 is 1. The first-order valence-electron chi connectivity index (χ1n) is 5.78. The molecule has 0 saturated carbocycles. The Balaban J connectivity index is 0.00000256. The van der Waals surface area contributed by atoms with E-state index in [0.717, 1.165) is 18.4 Å². The van der Waals surface area contributed by atoms with Gasteiger partial charge in [0.1, 0.15) is 0 Å². The molecule has 98 valence electrons. The second kappa shape index (κ2) is 8.31. The van der Waals surface area contributed by atoms with E-state index in [9.17, 15) is 4.39 Å². The van der Waals surface area contributed by atoms with E-state index < -0.39 is 0 Å². The van der Waals surface area contributed by atoms with Gasteiger partial charge in [-0.05, 0) is 24.1 Å². The third kappa shape index (κ3) is 4.92. The molecular weight excluding hydrogens is 241 g/mol. The fourth-order valence-corrected chi connectivity index (χ4v) is 1.69. The zero-order valence-electron chi connectivity index (χ0n) is 10.4. The first kappa shape index (κ1) is 16.2. The molecule has 17 heavy (non-hydrogen) atoms. The topological polar surface area (TPSA) is 35.2 Å². The molecule has 0 bridgehead atoms. The standard InChI is InChI=1S/C13H20FNO.ClH/c1-3-4-5-6-12(15)10-7-8-11(14)13(9-10)16-2;/h7-9,12H,3-6,15H2,1-2H3;1H/t12-;/m0./s1. The molecule has 1 aromatic rings. The van der Waals surface area contributed by atoms with Crippen LogP contribution < -0.4 is 10.5 Å². The van der Waals surface area contributed by atoms with Crippen molar-refractivity contribution >= 4 is 12.4 Å². The van der Waals surface area contributed by atoms with E-state index in [1.165, 1.54) is 26.0 Å². The van der Waals surface area contributed by atoms with Gasteiger partial charge in [-0.1, -0.05) is 32.3 Å². The van der Waals surface area contributed by atoms with Gasteiger partial charge in [-0.25, -0.2) is 4.39 Å². The molecule has 0 aromatic heterocycles. The fraction of sp³-hybridized carbons (Fsp3) is 0.538. The van der Waals surface area contributed by atoms with Crippen molar-refractivity contribution in [1.82, 2.24) is 0 Å². The predicted molar refractivity (Wildman–Crippen MR) is 71.3 cm³/mol. The summed E-state index contributed by atoms with van der Waals surface area (Å²) >= 11 is 0. The highest BCUT2D eigenvalue weighted by molar-refractivity contribution is 5.85. The van der Waals surface area contributed by atoms with Gasteiger partial charge in [-0.15, -0.1) is 12.4 Å². The first-order chi connectivity index (χ1) is 7.69. The van der Waals surface area contributed by atoms with Crippen molar-refractivity contribution in [3.05, 3.63) is 29.6 Å². The zero-order valence-corrected chi connectivity index (χ0v) is 11.2. The van der Waals surface area contributed by atoms with E-state index in [1.54, 1.807) is 12.1 Å². The van der Waals surface area contributed by atoms with Crippen LogP contribution in [-0.4, -0.2) is 7.11 Å². The Bertz CT molecular complexity index is 333. The maximum absolute atomic E-state index is 13.2. The lowest BCUT2D eigenvalue weighted by molar-refractivity contribution is 0.385. The van der Waals surface area contributed by atoms with E-state index >= 15 is 0 Å². The van der Waals surface area contributed by atoms with Crippen LogP contribution in [0.5, 0.6) is 5.75 Å². The highest BCUT2D eigenvalue weighted by atomic mass is 35.5. The van der Waals surface area contributed by atoms with Crippen molar-refractivity contribution in [2.24, 2.45) is 5.73 Å². The minimum absolute atomic E-state index is 0. The van der Waals surface area contributed by atoms with Crippen molar-refractivity contribution in [3.8, 4) is 5.75 Å². The molecule has 0 fully saturated rings. The molecule has 0 amide bonds. The van der Waals surface area contributed by atoms with Crippen molar-refractivity contribution < 1.29 is 9.13 Å². The minimum atomic E-state index is -0.341. The molecule has 0 unspecified atom stereocenters. The van der Waals surface area contributed by atoms with Crippen LogP contribution in [0.1, 0.15) is 44.2 Å². The van der Waals surface area contributed by atoms with Crippen molar-refractivity contribution in [2.45, 2.75) is 38.6 Å². The molecule has 2 nitrogen and oxygen atoms in total. The Hall–Kier alpha value is -0.800. The van der Waals surface area contributed by atoms with Crippen LogP contribution >= 0.6 is 12.4 Å². The molecular formula is C13H21ClFNO. The van der Waals surface area contributed by atoms with E-state index in [-0.39, 0.29) is 30.0 Å². The van der Waals surface area contributed by atoms with Gasteiger partial charge in [0.05, 0.1) is 7.11 Å². The van der Waals surface area contributed by atoms with Gasteiger partial charge in [0.25, 0.3) is 0 Å². The smallest absolute Gasteiger partial charge is 0.165 e. The molecule has 1 aromatic carbocycles. The van der Waals surface area contributed by atoms with Gasteiger partial charge < -0.3 is 10.5 Å². The highest BCUT2D eigenvalue weighted by Crippen LogP contribution is 2.24. The summed E-state index contributed by atoms with van der Waals surface area (Å²) in [6.45, 7) is 2.16. The van der Waals surface area contributed by atoms with Gasteiger partial charge in [0.2, 0.25) is 0 Å². The molecule has 0 aliphatic carbocycles. The molecule has 2 N–H and O–H groups in total. The Morgan fingerprint density at radius 2 is 2.06 bits per heavy atom. The lowest BCUT2D eigenvalue weighted by Gasteiger charge is -2.13. The van der Waals surface area contributed by atoms with Crippen molar-refractivity contribution in [3.63, 3.8) is 0 Å². The summed E-state index contributed by atoms with van der Waals surface area (Å²) in [5.74, 6) is -0.0737. The lowest BCUT2D eigenvalue weighted by atomic mass is 10.0. The van der Waals surface area contributed by atoms with E-state index in [4.69, 9.17) is 10.5 Å². The van der Waals surface area contributed by atoms with Crippen LogP contribution in [0.4, 0.5) is 4.39 Å². The third-order valence-electron chi connectivity index (χ3n) is 2.72. The van der Waals surface area contributed by atoms with Gasteiger partial charge in [-0.3, -0.25) is 0 Å². The Morgan fingerprint density at radius 1 is 1.35 bits per heavy atom. The van der Waals surface area contributed by atoms with Gasteiger partial charge in [-0.2, -0.15) is 0 Å². The molecule has 0 radical (unpaired) electrons. The van der Waals surface area contributed by atoms with Crippen molar-refractivity contribution in [2.75, 3.05) is 7.11 Å². The third-order valence-corrected chi connectivity index (χ3v) is 2.72. The maximum Gasteiger partial charge on any atom is 0.165 e. The number of ether oxygens (including phenoxy) is 1. The number of hydrogen-bond acceptors (Lipinski definition) is 2. The number of nitrogens with two attached hydrogens (primary N) is 1. The van der Waals surface area contributed by atoms with Crippen LogP contribution in [0.3, 0.4) is 0 Å². The Labute approximate surface area is 109 Å². The number of rotatable bonds is 6. The van der Waals surface area contributed by atoms with Crippen LogP contribution in [0.15, 0.2) is 18.2 Å².